The Morgan fingerprint density at radius 2 is 2.00 bits per heavy atom. The third kappa shape index (κ3) is 4.00. The average Bonchev–Trinajstić information content (AvgIpc) is 2.28. The summed E-state index contributed by atoms with van der Waals surface area (Å²) < 4.78 is 4.94. The van der Waals surface area contributed by atoms with Crippen molar-refractivity contribution in [1.82, 2.24) is 4.90 Å². The Balaban J connectivity index is 2.43. The van der Waals surface area contributed by atoms with Crippen LogP contribution in [0, 0.1) is 0 Å². The lowest BCUT2D eigenvalue weighted by Crippen LogP contribution is -2.23. The Kier molecular flexibility index (Phi) is 4.95. The van der Waals surface area contributed by atoms with Crippen LogP contribution in [0.1, 0.15) is 11.7 Å². The molecule has 0 aromatic heterocycles. The third-order valence-corrected chi connectivity index (χ3v) is 2.12. The monoisotopic (exact) mass is 223 g/mol. The maximum Gasteiger partial charge on any atom is 0.339 e. The largest absolute Gasteiger partial charge is 0.462 e. The van der Waals surface area contributed by atoms with Crippen LogP contribution >= 0.6 is 0 Å². The quantitative estimate of drug-likeness (QED) is 0.751. The second kappa shape index (κ2) is 6.25. The van der Waals surface area contributed by atoms with Crippen LogP contribution in [0.4, 0.5) is 0 Å². The molecule has 0 amide bonds. The SMILES string of the molecule is CN(C)CCOC(=O)C(O)c1ccccc1. The predicted molar refractivity (Wildman–Crippen MR) is 60.9 cm³/mol. The molecule has 1 unspecified atom stereocenters. The molecule has 0 aliphatic carbocycles. The average molecular weight is 223 g/mol. The second-order valence-electron chi connectivity index (χ2n) is 3.78. The van der Waals surface area contributed by atoms with Gasteiger partial charge in [-0.2, -0.15) is 0 Å². The zero-order valence-electron chi connectivity index (χ0n) is 9.59. The number of ether oxygens (including phenoxy) is 1. The van der Waals surface area contributed by atoms with Crippen LogP contribution in [-0.4, -0.2) is 43.2 Å². The van der Waals surface area contributed by atoms with Gasteiger partial charge in [0.2, 0.25) is 0 Å². The topological polar surface area (TPSA) is 49.8 Å². The van der Waals surface area contributed by atoms with Crippen molar-refractivity contribution in [2.24, 2.45) is 0 Å². The van der Waals surface area contributed by atoms with Gasteiger partial charge >= 0.3 is 5.97 Å². The lowest BCUT2D eigenvalue weighted by molar-refractivity contribution is -0.154. The number of hydrogen-bond acceptors (Lipinski definition) is 4. The van der Waals surface area contributed by atoms with Crippen molar-refractivity contribution < 1.29 is 14.6 Å². The van der Waals surface area contributed by atoms with Crippen molar-refractivity contribution in [1.29, 1.82) is 0 Å². The van der Waals surface area contributed by atoms with Gasteiger partial charge in [-0.1, -0.05) is 30.3 Å². The van der Waals surface area contributed by atoms with Crippen molar-refractivity contribution in [3.05, 3.63) is 35.9 Å². The molecule has 4 nitrogen and oxygen atoms in total. The van der Waals surface area contributed by atoms with Crippen LogP contribution in [-0.2, 0) is 9.53 Å². The molecule has 0 heterocycles. The molecule has 1 atom stereocenters. The van der Waals surface area contributed by atoms with Crippen LogP contribution < -0.4 is 0 Å². The first kappa shape index (κ1) is 12.7. The van der Waals surface area contributed by atoms with Gasteiger partial charge in [0.05, 0.1) is 0 Å². The number of aliphatic hydroxyl groups excluding tert-OH is 1. The Morgan fingerprint density at radius 1 is 1.38 bits per heavy atom. The maximum atomic E-state index is 11.4. The van der Waals surface area contributed by atoms with E-state index < -0.39 is 12.1 Å². The first-order valence-corrected chi connectivity index (χ1v) is 5.15. The van der Waals surface area contributed by atoms with Crippen LogP contribution in [0.25, 0.3) is 0 Å². The molecule has 0 aliphatic rings. The fourth-order valence-corrected chi connectivity index (χ4v) is 1.18. The summed E-state index contributed by atoms with van der Waals surface area (Å²) in [5, 5.41) is 9.67. The summed E-state index contributed by atoms with van der Waals surface area (Å²) in [6.45, 7) is 0.934. The van der Waals surface area contributed by atoms with E-state index in [1.165, 1.54) is 0 Å². The highest BCUT2D eigenvalue weighted by molar-refractivity contribution is 5.76. The van der Waals surface area contributed by atoms with E-state index in [1.54, 1.807) is 24.3 Å². The number of likely N-dealkylation sites (N-methyl/N-ethyl adjacent to an activating group) is 1. The number of rotatable bonds is 5. The Labute approximate surface area is 95.5 Å². The van der Waals surface area contributed by atoms with Crippen molar-refractivity contribution in [3.63, 3.8) is 0 Å². The highest BCUT2D eigenvalue weighted by atomic mass is 16.5. The summed E-state index contributed by atoms with van der Waals surface area (Å²) in [5.41, 5.74) is 0.553. The van der Waals surface area contributed by atoms with Crippen molar-refractivity contribution in [2.75, 3.05) is 27.2 Å². The molecule has 1 aromatic carbocycles. The lowest BCUT2D eigenvalue weighted by atomic mass is 10.1. The number of carbonyl (C=O) groups excluding carboxylic acids is 1. The van der Waals surface area contributed by atoms with E-state index in [1.807, 2.05) is 25.1 Å². The van der Waals surface area contributed by atoms with Crippen molar-refractivity contribution >= 4 is 5.97 Å². The van der Waals surface area contributed by atoms with E-state index in [0.717, 1.165) is 0 Å². The summed E-state index contributed by atoms with van der Waals surface area (Å²) in [6.07, 6.45) is -1.19. The molecule has 0 radical (unpaired) electrons. The highest BCUT2D eigenvalue weighted by Gasteiger charge is 2.18. The summed E-state index contributed by atoms with van der Waals surface area (Å²) in [5.74, 6) is -0.604. The van der Waals surface area contributed by atoms with Gasteiger partial charge in [0.25, 0.3) is 0 Å². The minimum Gasteiger partial charge on any atom is -0.462 e. The van der Waals surface area contributed by atoms with Crippen LogP contribution in [0.2, 0.25) is 0 Å². The molecule has 4 heteroatoms. The minimum absolute atomic E-state index is 0.287. The van der Waals surface area contributed by atoms with Crippen LogP contribution in [0.5, 0.6) is 0 Å². The molecule has 88 valence electrons. The normalized spacial score (nSPS) is 12.5. The molecule has 0 aliphatic heterocycles. The van der Waals surface area contributed by atoms with Gasteiger partial charge in [0, 0.05) is 6.54 Å². The number of carbonyl (C=O) groups is 1. The molecule has 0 bridgehead atoms. The zero-order chi connectivity index (χ0) is 12.0. The van der Waals surface area contributed by atoms with Gasteiger partial charge in [-0.25, -0.2) is 4.79 Å². The zero-order valence-corrected chi connectivity index (χ0v) is 9.59. The van der Waals surface area contributed by atoms with Gasteiger partial charge in [-0.3, -0.25) is 0 Å². The van der Waals surface area contributed by atoms with Crippen LogP contribution in [0.15, 0.2) is 30.3 Å². The summed E-state index contributed by atoms with van der Waals surface area (Å²) in [6, 6.07) is 8.75. The predicted octanol–water partition coefficient (Wildman–Crippen LogP) is 0.825. The number of nitrogens with zero attached hydrogens (tertiary/aromatic N) is 1. The lowest BCUT2D eigenvalue weighted by Gasteiger charge is -2.13. The van der Waals surface area contributed by atoms with E-state index >= 15 is 0 Å². The molecule has 1 N–H and O–H groups in total. The number of aliphatic hydroxyl groups is 1. The van der Waals surface area contributed by atoms with Crippen molar-refractivity contribution in [3.8, 4) is 0 Å². The molecule has 1 rings (SSSR count). The first-order chi connectivity index (χ1) is 7.61. The smallest absolute Gasteiger partial charge is 0.339 e. The molecule has 0 saturated carbocycles. The molecule has 16 heavy (non-hydrogen) atoms. The van der Waals surface area contributed by atoms with Crippen LogP contribution in [0.3, 0.4) is 0 Å². The molecule has 0 fully saturated rings. The Bertz CT molecular complexity index is 324. The fraction of sp³-hybridized carbons (Fsp3) is 0.417. The van der Waals surface area contributed by atoms with E-state index in [9.17, 15) is 9.90 Å². The highest BCUT2D eigenvalue weighted by Crippen LogP contribution is 2.13. The Hall–Kier alpha value is -1.39. The molecule has 0 spiro atoms. The standard InChI is InChI=1S/C12H17NO3/c1-13(2)8-9-16-12(15)11(14)10-6-4-3-5-7-10/h3-7,11,14H,8-9H2,1-2H3. The van der Waals surface area contributed by atoms with Gasteiger partial charge in [0.15, 0.2) is 6.10 Å². The van der Waals surface area contributed by atoms with Crippen molar-refractivity contribution in [2.45, 2.75) is 6.10 Å². The molecular weight excluding hydrogens is 206 g/mol. The van der Waals surface area contributed by atoms with Gasteiger partial charge in [-0.05, 0) is 19.7 Å². The maximum absolute atomic E-state index is 11.4. The minimum atomic E-state index is -1.19. The number of hydrogen-bond donors (Lipinski definition) is 1. The molecule has 0 saturated heterocycles. The summed E-state index contributed by atoms with van der Waals surface area (Å²) in [4.78, 5) is 13.3. The Morgan fingerprint density at radius 3 is 2.56 bits per heavy atom. The second-order valence-corrected chi connectivity index (χ2v) is 3.78. The van der Waals surface area contributed by atoms with E-state index in [4.69, 9.17) is 4.74 Å². The molecule has 1 aromatic rings. The van der Waals surface area contributed by atoms with E-state index in [0.29, 0.717) is 12.1 Å². The fourth-order valence-electron chi connectivity index (χ4n) is 1.18. The van der Waals surface area contributed by atoms with Gasteiger partial charge < -0.3 is 14.7 Å². The first-order valence-electron chi connectivity index (χ1n) is 5.15. The molecular formula is C12H17NO3. The van der Waals surface area contributed by atoms with E-state index in [2.05, 4.69) is 0 Å². The van der Waals surface area contributed by atoms with Gasteiger partial charge in [-0.15, -0.1) is 0 Å². The summed E-state index contributed by atoms with van der Waals surface area (Å²) in [7, 11) is 3.78. The number of esters is 1. The van der Waals surface area contributed by atoms with Gasteiger partial charge in [0.1, 0.15) is 6.61 Å². The van der Waals surface area contributed by atoms with E-state index in [-0.39, 0.29) is 6.61 Å². The summed E-state index contributed by atoms with van der Waals surface area (Å²) >= 11 is 0. The number of benzene rings is 1. The third-order valence-electron chi connectivity index (χ3n) is 2.12.